The van der Waals surface area contributed by atoms with Crippen molar-refractivity contribution in [2.45, 2.75) is 12.7 Å². The molecule has 2 aromatic carbocycles. The normalized spacial score (nSPS) is 15.8. The highest BCUT2D eigenvalue weighted by molar-refractivity contribution is 7.13. The third-order valence-electron chi connectivity index (χ3n) is 4.28. The number of aromatic nitrogens is 1. The number of carbonyl (C=O) groups excluding carboxylic acids is 1. The Morgan fingerprint density at radius 2 is 1.97 bits per heavy atom. The Balaban J connectivity index is 1.32. The first-order valence-electron chi connectivity index (χ1n) is 8.39. The molecule has 3 aromatic rings. The minimum atomic E-state index is -3.69. The van der Waals surface area contributed by atoms with Crippen LogP contribution in [-0.4, -0.2) is 23.0 Å². The summed E-state index contributed by atoms with van der Waals surface area (Å²) >= 11 is 1.22. The number of aliphatic imine (C=N–C) groups is 1. The third-order valence-corrected chi connectivity index (χ3v) is 5.17. The van der Waals surface area contributed by atoms with Crippen molar-refractivity contribution in [2.75, 3.05) is 0 Å². The SMILES string of the molecule is O=C(NC1=Nc2cc3c(cc2C1)OC(F)(F)O3)c1csc(-c2cccc(F)c2)n1. The van der Waals surface area contributed by atoms with Gasteiger partial charge in [0.25, 0.3) is 5.91 Å². The van der Waals surface area contributed by atoms with Crippen LogP contribution >= 0.6 is 11.3 Å². The molecule has 29 heavy (non-hydrogen) atoms. The molecule has 0 radical (unpaired) electrons. The van der Waals surface area contributed by atoms with Crippen molar-refractivity contribution in [3.63, 3.8) is 0 Å². The highest BCUT2D eigenvalue weighted by Crippen LogP contribution is 2.45. The van der Waals surface area contributed by atoms with Crippen LogP contribution in [0.1, 0.15) is 16.1 Å². The van der Waals surface area contributed by atoms with E-state index in [0.717, 1.165) is 0 Å². The van der Waals surface area contributed by atoms with Crippen LogP contribution in [0.2, 0.25) is 0 Å². The lowest BCUT2D eigenvalue weighted by Crippen LogP contribution is -2.30. The molecule has 0 bridgehead atoms. The van der Waals surface area contributed by atoms with Crippen LogP contribution < -0.4 is 14.8 Å². The molecule has 6 nitrogen and oxygen atoms in total. The molecule has 1 aromatic heterocycles. The van der Waals surface area contributed by atoms with Crippen molar-refractivity contribution in [3.05, 3.63) is 58.9 Å². The van der Waals surface area contributed by atoms with Gasteiger partial charge in [0, 0.05) is 23.4 Å². The number of fused-ring (bicyclic) bond motifs is 2. The van der Waals surface area contributed by atoms with E-state index in [1.165, 1.54) is 35.6 Å². The van der Waals surface area contributed by atoms with Crippen molar-refractivity contribution in [1.82, 2.24) is 10.3 Å². The van der Waals surface area contributed by atoms with E-state index in [9.17, 15) is 18.0 Å². The van der Waals surface area contributed by atoms with Gasteiger partial charge in [-0.1, -0.05) is 12.1 Å². The lowest BCUT2D eigenvalue weighted by molar-refractivity contribution is -0.286. The van der Waals surface area contributed by atoms with Gasteiger partial charge in [0.05, 0.1) is 5.69 Å². The molecule has 0 fully saturated rings. The Morgan fingerprint density at radius 3 is 2.76 bits per heavy atom. The van der Waals surface area contributed by atoms with E-state index in [1.54, 1.807) is 17.5 Å². The van der Waals surface area contributed by atoms with E-state index >= 15 is 0 Å². The largest absolute Gasteiger partial charge is 0.586 e. The standard InChI is InChI=1S/C19H10F3N3O3S/c20-11-3-1-2-9(4-11)18-24-13(8-29-18)17(26)25-16-6-10-5-14-15(7-12(10)23-16)28-19(21,22)27-14/h1-5,7-8H,6H2,(H,23,25,26). The molecule has 0 saturated heterocycles. The lowest BCUT2D eigenvalue weighted by Gasteiger charge is -2.04. The summed E-state index contributed by atoms with van der Waals surface area (Å²) in [6, 6.07) is 8.69. The van der Waals surface area contributed by atoms with Gasteiger partial charge in [-0.3, -0.25) is 4.79 Å². The first-order valence-corrected chi connectivity index (χ1v) is 9.27. The van der Waals surface area contributed by atoms with Crippen LogP contribution in [0.3, 0.4) is 0 Å². The molecule has 0 saturated carbocycles. The Hall–Kier alpha value is -3.40. The van der Waals surface area contributed by atoms with Crippen molar-refractivity contribution < 1.29 is 27.4 Å². The van der Waals surface area contributed by atoms with Gasteiger partial charge in [0.2, 0.25) is 0 Å². The van der Waals surface area contributed by atoms with Crippen molar-refractivity contribution >= 4 is 28.8 Å². The van der Waals surface area contributed by atoms with Gasteiger partial charge in [-0.05, 0) is 23.8 Å². The molecular weight excluding hydrogens is 407 g/mol. The van der Waals surface area contributed by atoms with E-state index < -0.39 is 12.2 Å². The van der Waals surface area contributed by atoms with Crippen LogP contribution in [0.4, 0.5) is 18.9 Å². The summed E-state index contributed by atoms with van der Waals surface area (Å²) in [6.45, 7) is 0. The van der Waals surface area contributed by atoms with E-state index in [1.807, 2.05) is 0 Å². The van der Waals surface area contributed by atoms with Crippen LogP contribution in [0.25, 0.3) is 10.6 Å². The number of ether oxygens (including phenoxy) is 2. The van der Waals surface area contributed by atoms with Gasteiger partial charge in [0.1, 0.15) is 22.4 Å². The van der Waals surface area contributed by atoms with Crippen LogP contribution in [0.5, 0.6) is 11.5 Å². The molecule has 3 heterocycles. The summed E-state index contributed by atoms with van der Waals surface area (Å²) in [5.41, 5.74) is 1.78. The summed E-state index contributed by atoms with van der Waals surface area (Å²) in [7, 11) is 0. The fourth-order valence-electron chi connectivity index (χ4n) is 3.04. The summed E-state index contributed by atoms with van der Waals surface area (Å²) in [5.74, 6) is -0.692. The average Bonchev–Trinajstić information content (AvgIpc) is 3.34. The zero-order valence-corrected chi connectivity index (χ0v) is 15.2. The predicted molar refractivity (Wildman–Crippen MR) is 98.4 cm³/mol. The third kappa shape index (κ3) is 3.31. The second-order valence-electron chi connectivity index (χ2n) is 6.33. The molecule has 146 valence electrons. The van der Waals surface area contributed by atoms with Crippen LogP contribution in [-0.2, 0) is 6.42 Å². The minimum Gasteiger partial charge on any atom is -0.395 e. The molecule has 10 heteroatoms. The van der Waals surface area contributed by atoms with E-state index in [2.05, 4.69) is 24.8 Å². The number of benzene rings is 2. The van der Waals surface area contributed by atoms with Crippen LogP contribution in [0, 0.1) is 5.82 Å². The fraction of sp³-hybridized carbons (Fsp3) is 0.105. The number of nitrogens with zero attached hydrogens (tertiary/aromatic N) is 2. The van der Waals surface area contributed by atoms with Gasteiger partial charge in [-0.15, -0.1) is 20.1 Å². The van der Waals surface area contributed by atoms with Crippen molar-refractivity contribution in [2.24, 2.45) is 4.99 Å². The Bertz CT molecular complexity index is 1190. The topological polar surface area (TPSA) is 72.8 Å². The molecule has 0 unspecified atom stereocenters. The Labute approximate surface area is 165 Å². The number of rotatable bonds is 2. The smallest absolute Gasteiger partial charge is 0.395 e. The van der Waals surface area contributed by atoms with E-state index in [-0.39, 0.29) is 29.4 Å². The molecule has 0 aliphatic carbocycles. The van der Waals surface area contributed by atoms with E-state index in [0.29, 0.717) is 27.7 Å². The Morgan fingerprint density at radius 1 is 1.17 bits per heavy atom. The number of hydrogen-bond acceptors (Lipinski definition) is 6. The monoisotopic (exact) mass is 417 g/mol. The predicted octanol–water partition coefficient (Wildman–Crippen LogP) is 4.29. The molecule has 1 amide bonds. The molecule has 2 aliphatic rings. The molecule has 0 atom stereocenters. The van der Waals surface area contributed by atoms with Crippen molar-refractivity contribution in [1.29, 1.82) is 0 Å². The maximum Gasteiger partial charge on any atom is 0.586 e. The Kier molecular flexibility index (Phi) is 3.85. The second kappa shape index (κ2) is 6.31. The summed E-state index contributed by atoms with van der Waals surface area (Å²) in [6.07, 6.45) is -3.45. The first-order chi connectivity index (χ1) is 13.9. The van der Waals surface area contributed by atoms with Gasteiger partial charge < -0.3 is 14.8 Å². The first kappa shape index (κ1) is 17.7. The maximum absolute atomic E-state index is 13.4. The van der Waals surface area contributed by atoms with Crippen molar-refractivity contribution in [3.8, 4) is 22.1 Å². The zero-order valence-electron chi connectivity index (χ0n) is 14.4. The molecular formula is C19H10F3N3O3S. The number of thiazole rings is 1. The summed E-state index contributed by atoms with van der Waals surface area (Å²) in [4.78, 5) is 21.0. The fourth-order valence-corrected chi connectivity index (χ4v) is 3.84. The summed E-state index contributed by atoms with van der Waals surface area (Å²) in [5, 5.41) is 4.74. The van der Waals surface area contributed by atoms with Crippen LogP contribution in [0.15, 0.2) is 46.8 Å². The molecule has 1 N–H and O–H groups in total. The zero-order chi connectivity index (χ0) is 20.2. The number of carbonyl (C=O) groups is 1. The quantitative estimate of drug-likeness (QED) is 0.675. The lowest BCUT2D eigenvalue weighted by atomic mass is 10.1. The van der Waals surface area contributed by atoms with Gasteiger partial charge >= 0.3 is 6.29 Å². The molecule has 5 rings (SSSR count). The molecule has 0 spiro atoms. The molecule has 2 aliphatic heterocycles. The summed E-state index contributed by atoms with van der Waals surface area (Å²) < 4.78 is 48.5. The number of halogens is 3. The number of amides is 1. The average molecular weight is 417 g/mol. The number of amidine groups is 1. The van der Waals surface area contributed by atoms with Gasteiger partial charge in [-0.25, -0.2) is 14.4 Å². The second-order valence-corrected chi connectivity index (χ2v) is 7.19. The highest BCUT2D eigenvalue weighted by atomic mass is 32.1. The van der Waals surface area contributed by atoms with E-state index in [4.69, 9.17) is 0 Å². The number of hydrogen-bond donors (Lipinski definition) is 1. The number of alkyl halides is 2. The highest BCUT2D eigenvalue weighted by Gasteiger charge is 2.44. The minimum absolute atomic E-state index is 0.0734. The van der Waals surface area contributed by atoms with Gasteiger partial charge in [-0.2, -0.15) is 0 Å². The van der Waals surface area contributed by atoms with Gasteiger partial charge in [0.15, 0.2) is 11.5 Å². The number of nitrogens with one attached hydrogen (secondary N) is 1. The maximum atomic E-state index is 13.4.